The number of urea groups is 1. The fourth-order valence-corrected chi connectivity index (χ4v) is 1.76. The Morgan fingerprint density at radius 2 is 2.11 bits per heavy atom. The lowest BCUT2D eigenvalue weighted by Crippen LogP contribution is -2.20. The van der Waals surface area contributed by atoms with Crippen LogP contribution in [0, 0.1) is 6.92 Å². The lowest BCUT2D eigenvalue weighted by molar-refractivity contribution is 0.262. The second kappa shape index (κ2) is 5.71. The maximum Gasteiger partial charge on any atom is 0.323 e. The van der Waals surface area contributed by atoms with Gasteiger partial charge in [0.05, 0.1) is 23.3 Å². The molecular formula is C12H14ClN5O. The number of anilines is 2. The first-order valence-electron chi connectivity index (χ1n) is 5.82. The Morgan fingerprint density at radius 1 is 1.37 bits per heavy atom. The Bertz CT molecular complexity index is 596. The van der Waals surface area contributed by atoms with Crippen molar-refractivity contribution in [2.24, 2.45) is 0 Å². The average molecular weight is 280 g/mol. The topological polar surface area (TPSA) is 82.7 Å². The fourth-order valence-electron chi connectivity index (χ4n) is 1.61. The van der Waals surface area contributed by atoms with E-state index in [9.17, 15) is 4.79 Å². The third kappa shape index (κ3) is 3.23. The normalized spacial score (nSPS) is 10.3. The van der Waals surface area contributed by atoms with Crippen molar-refractivity contribution < 1.29 is 4.79 Å². The van der Waals surface area contributed by atoms with Crippen molar-refractivity contribution in [1.82, 2.24) is 15.2 Å². The van der Waals surface area contributed by atoms with Gasteiger partial charge in [-0.15, -0.1) is 0 Å². The summed E-state index contributed by atoms with van der Waals surface area (Å²) in [4.78, 5) is 15.8. The summed E-state index contributed by atoms with van der Waals surface area (Å²) in [6.07, 6.45) is 3.95. The third-order valence-corrected chi connectivity index (χ3v) is 2.85. The van der Waals surface area contributed by atoms with Gasteiger partial charge < -0.3 is 10.6 Å². The van der Waals surface area contributed by atoms with E-state index in [-0.39, 0.29) is 11.2 Å². The van der Waals surface area contributed by atoms with Crippen LogP contribution in [0.4, 0.5) is 16.2 Å². The highest BCUT2D eigenvalue weighted by Gasteiger charge is 2.10. The first-order valence-corrected chi connectivity index (χ1v) is 6.20. The summed E-state index contributed by atoms with van der Waals surface area (Å²) in [6.45, 7) is 3.84. The SMILES string of the molecule is CCc1[nH]ncc1NC(=O)Nc1cc(C)cnc1Cl. The van der Waals surface area contributed by atoms with Gasteiger partial charge >= 0.3 is 6.03 Å². The van der Waals surface area contributed by atoms with Gasteiger partial charge in [0.1, 0.15) is 0 Å². The van der Waals surface area contributed by atoms with Crippen LogP contribution >= 0.6 is 11.6 Å². The molecule has 0 radical (unpaired) electrons. The quantitative estimate of drug-likeness (QED) is 0.755. The summed E-state index contributed by atoms with van der Waals surface area (Å²) in [5.74, 6) is 0. The second-order valence-corrected chi connectivity index (χ2v) is 4.40. The van der Waals surface area contributed by atoms with Crippen LogP contribution in [-0.4, -0.2) is 21.2 Å². The summed E-state index contributed by atoms with van der Waals surface area (Å²) >= 11 is 5.91. The van der Waals surface area contributed by atoms with E-state index in [1.54, 1.807) is 18.5 Å². The Labute approximate surface area is 115 Å². The number of halogens is 1. The maximum absolute atomic E-state index is 11.9. The highest BCUT2D eigenvalue weighted by molar-refractivity contribution is 6.32. The number of H-pyrrole nitrogens is 1. The van der Waals surface area contributed by atoms with Gasteiger partial charge in [-0.2, -0.15) is 5.10 Å². The zero-order valence-corrected chi connectivity index (χ0v) is 11.4. The molecule has 0 aliphatic rings. The summed E-state index contributed by atoms with van der Waals surface area (Å²) < 4.78 is 0. The molecule has 0 spiro atoms. The van der Waals surface area contributed by atoms with Gasteiger partial charge in [0.15, 0.2) is 5.15 Å². The number of pyridine rings is 1. The van der Waals surface area contributed by atoms with E-state index in [0.29, 0.717) is 11.4 Å². The van der Waals surface area contributed by atoms with Crippen molar-refractivity contribution >= 4 is 29.0 Å². The lowest BCUT2D eigenvalue weighted by atomic mass is 10.3. The number of nitrogens with one attached hydrogen (secondary N) is 3. The first-order chi connectivity index (χ1) is 9.10. The molecule has 2 aromatic rings. The van der Waals surface area contributed by atoms with Crippen LogP contribution in [0.15, 0.2) is 18.5 Å². The molecule has 0 fully saturated rings. The van der Waals surface area contributed by atoms with E-state index in [1.165, 1.54) is 0 Å². The number of aromatic nitrogens is 3. The summed E-state index contributed by atoms with van der Waals surface area (Å²) in [5, 5.41) is 12.3. The molecule has 0 aliphatic carbocycles. The summed E-state index contributed by atoms with van der Waals surface area (Å²) in [6, 6.07) is 1.37. The van der Waals surface area contributed by atoms with Crippen LogP contribution < -0.4 is 10.6 Å². The molecular weight excluding hydrogens is 266 g/mol. The molecule has 2 heterocycles. The van der Waals surface area contributed by atoms with Crippen LogP contribution in [0.25, 0.3) is 0 Å². The van der Waals surface area contributed by atoms with Crippen molar-refractivity contribution in [1.29, 1.82) is 0 Å². The van der Waals surface area contributed by atoms with E-state index in [4.69, 9.17) is 11.6 Å². The van der Waals surface area contributed by atoms with E-state index >= 15 is 0 Å². The van der Waals surface area contributed by atoms with E-state index in [0.717, 1.165) is 17.7 Å². The highest BCUT2D eigenvalue weighted by Crippen LogP contribution is 2.20. The van der Waals surface area contributed by atoms with E-state index < -0.39 is 0 Å². The van der Waals surface area contributed by atoms with E-state index in [1.807, 2.05) is 13.8 Å². The average Bonchev–Trinajstić information content (AvgIpc) is 2.81. The molecule has 19 heavy (non-hydrogen) atoms. The van der Waals surface area contributed by atoms with Gasteiger partial charge in [-0.3, -0.25) is 5.10 Å². The molecule has 3 N–H and O–H groups in total. The predicted molar refractivity (Wildman–Crippen MR) is 74.6 cm³/mol. The standard InChI is InChI=1S/C12H14ClN5O/c1-3-8-10(6-15-18-8)17-12(19)16-9-4-7(2)5-14-11(9)13/h4-6H,3H2,1-2H3,(H,15,18)(H2,16,17,19). The van der Waals surface area contributed by atoms with Crippen molar-refractivity contribution in [3.63, 3.8) is 0 Å². The van der Waals surface area contributed by atoms with Crippen LogP contribution in [0.3, 0.4) is 0 Å². The van der Waals surface area contributed by atoms with Crippen LogP contribution in [0.1, 0.15) is 18.2 Å². The Hall–Kier alpha value is -2.08. The molecule has 2 aromatic heterocycles. The van der Waals surface area contributed by atoms with Crippen molar-refractivity contribution in [3.8, 4) is 0 Å². The summed E-state index contributed by atoms with van der Waals surface area (Å²) in [7, 11) is 0. The lowest BCUT2D eigenvalue weighted by Gasteiger charge is -2.08. The minimum absolute atomic E-state index is 0.253. The third-order valence-electron chi connectivity index (χ3n) is 2.54. The van der Waals surface area contributed by atoms with Crippen LogP contribution in [0.2, 0.25) is 5.15 Å². The van der Waals surface area contributed by atoms with Crippen molar-refractivity contribution in [2.75, 3.05) is 10.6 Å². The van der Waals surface area contributed by atoms with Gasteiger partial charge in [-0.25, -0.2) is 9.78 Å². The molecule has 6 nitrogen and oxygen atoms in total. The molecule has 0 aromatic carbocycles. The minimum Gasteiger partial charge on any atom is -0.305 e. The smallest absolute Gasteiger partial charge is 0.305 e. The molecule has 0 saturated carbocycles. The number of aryl methyl sites for hydroxylation is 2. The van der Waals surface area contributed by atoms with Gasteiger partial charge in [0.2, 0.25) is 0 Å². The molecule has 2 amide bonds. The number of carbonyl (C=O) groups excluding carboxylic acids is 1. The first kappa shape index (κ1) is 13.4. The number of carbonyl (C=O) groups is 1. The van der Waals surface area contributed by atoms with Crippen LogP contribution in [-0.2, 0) is 6.42 Å². The number of amides is 2. The van der Waals surface area contributed by atoms with E-state index in [2.05, 4.69) is 25.8 Å². The Balaban J connectivity index is 2.07. The van der Waals surface area contributed by atoms with Gasteiger partial charge in [-0.1, -0.05) is 18.5 Å². The predicted octanol–water partition coefficient (Wildman–Crippen LogP) is 2.97. The largest absolute Gasteiger partial charge is 0.323 e. The van der Waals surface area contributed by atoms with Crippen LogP contribution in [0.5, 0.6) is 0 Å². The number of rotatable bonds is 3. The number of nitrogens with zero attached hydrogens (tertiary/aromatic N) is 2. The molecule has 0 aliphatic heterocycles. The Morgan fingerprint density at radius 3 is 2.84 bits per heavy atom. The number of hydrogen-bond donors (Lipinski definition) is 3. The molecule has 0 atom stereocenters. The zero-order valence-electron chi connectivity index (χ0n) is 10.6. The van der Waals surface area contributed by atoms with Crippen molar-refractivity contribution in [3.05, 3.63) is 34.9 Å². The minimum atomic E-state index is -0.384. The van der Waals surface area contributed by atoms with Gasteiger partial charge in [0.25, 0.3) is 0 Å². The fraction of sp³-hybridized carbons (Fsp3) is 0.250. The molecule has 2 rings (SSSR count). The molecule has 7 heteroatoms. The second-order valence-electron chi connectivity index (χ2n) is 4.05. The summed E-state index contributed by atoms with van der Waals surface area (Å²) in [5.41, 5.74) is 2.90. The van der Waals surface area contributed by atoms with Gasteiger partial charge in [-0.05, 0) is 25.0 Å². The van der Waals surface area contributed by atoms with Gasteiger partial charge in [0, 0.05) is 6.20 Å². The maximum atomic E-state index is 11.9. The highest BCUT2D eigenvalue weighted by atomic mass is 35.5. The monoisotopic (exact) mass is 279 g/mol. The number of aromatic amines is 1. The molecule has 0 saturated heterocycles. The molecule has 100 valence electrons. The molecule has 0 bridgehead atoms. The van der Waals surface area contributed by atoms with Crippen molar-refractivity contribution in [2.45, 2.75) is 20.3 Å². The molecule has 0 unspecified atom stereocenters. The zero-order chi connectivity index (χ0) is 13.8. The Kier molecular flexibility index (Phi) is 4.01. The number of hydrogen-bond acceptors (Lipinski definition) is 3.